The largest absolute Gasteiger partial charge is 0.465 e. The molecule has 154 valence electrons. The Bertz CT molecular complexity index is 1260. The number of hydrogen-bond donors (Lipinski definition) is 1. The summed E-state index contributed by atoms with van der Waals surface area (Å²) < 4.78 is 15.8. The quantitative estimate of drug-likeness (QED) is 0.434. The maximum atomic E-state index is 12.3. The molecule has 0 bridgehead atoms. The lowest BCUT2D eigenvalue weighted by molar-refractivity contribution is 0.281. The van der Waals surface area contributed by atoms with E-state index < -0.39 is 11.2 Å². The predicted molar refractivity (Wildman–Crippen MR) is 106 cm³/mol. The third-order valence-electron chi connectivity index (χ3n) is 4.44. The number of pyridine rings is 1. The zero-order valence-corrected chi connectivity index (χ0v) is 16.3. The monoisotopic (exact) mass is 409 g/mol. The molecule has 0 saturated carbocycles. The van der Waals surface area contributed by atoms with Crippen LogP contribution in [-0.2, 0) is 12.8 Å². The number of nitrogens with one attached hydrogen (secondary N) is 1. The van der Waals surface area contributed by atoms with Crippen LogP contribution in [0.3, 0.4) is 0 Å². The summed E-state index contributed by atoms with van der Waals surface area (Å²) in [5, 5.41) is 4.22. The molecule has 0 aliphatic carbocycles. The summed E-state index contributed by atoms with van der Waals surface area (Å²) in [6.45, 7) is 2.16. The number of rotatable bonds is 8. The Hall–Kier alpha value is -3.82. The van der Waals surface area contributed by atoms with Gasteiger partial charge in [-0.15, -0.1) is 0 Å². The molecule has 0 atom stereocenters. The number of aromatic nitrogens is 5. The molecule has 0 unspecified atom stereocenters. The van der Waals surface area contributed by atoms with Crippen LogP contribution in [-0.4, -0.2) is 31.7 Å². The van der Waals surface area contributed by atoms with Crippen LogP contribution in [0.2, 0.25) is 0 Å². The van der Waals surface area contributed by atoms with Gasteiger partial charge in [0.15, 0.2) is 5.82 Å². The summed E-state index contributed by atoms with van der Waals surface area (Å²) >= 11 is 0. The van der Waals surface area contributed by atoms with Crippen LogP contribution in [0.1, 0.15) is 31.2 Å². The van der Waals surface area contributed by atoms with E-state index in [1.54, 1.807) is 12.3 Å². The topological polar surface area (TPSA) is 137 Å². The highest BCUT2D eigenvalue weighted by atomic mass is 16.5. The molecular weight excluding hydrogens is 390 g/mol. The van der Waals surface area contributed by atoms with Crippen molar-refractivity contribution in [3.05, 3.63) is 62.6 Å². The predicted octanol–water partition coefficient (Wildman–Crippen LogP) is 2.29. The minimum Gasteiger partial charge on any atom is -0.465 e. The highest BCUT2D eigenvalue weighted by molar-refractivity contribution is 5.75. The van der Waals surface area contributed by atoms with Crippen LogP contribution in [0, 0.1) is 0 Å². The standard InChI is InChI=1S/C20H19N5O5/c1-2-12-11-15(26)29-19-16(12)17(27)23-20(24-19)28-10-6-4-8-14-22-18(30-25-14)13-7-3-5-9-21-13/h3,5,7,9,11H,2,4,6,8,10H2,1H3,(H,23,24,27). The third-order valence-corrected chi connectivity index (χ3v) is 4.44. The van der Waals surface area contributed by atoms with E-state index in [1.807, 2.05) is 19.1 Å². The Morgan fingerprint density at radius 1 is 1.17 bits per heavy atom. The molecule has 0 aromatic carbocycles. The van der Waals surface area contributed by atoms with Gasteiger partial charge in [-0.3, -0.25) is 14.8 Å². The zero-order valence-electron chi connectivity index (χ0n) is 16.3. The maximum absolute atomic E-state index is 12.3. The smallest absolute Gasteiger partial charge is 0.337 e. The number of H-pyrrole nitrogens is 1. The van der Waals surface area contributed by atoms with Crippen molar-refractivity contribution in [2.45, 2.75) is 32.6 Å². The Balaban J connectivity index is 1.33. The van der Waals surface area contributed by atoms with Crippen LogP contribution in [0.4, 0.5) is 0 Å². The van der Waals surface area contributed by atoms with Gasteiger partial charge < -0.3 is 13.7 Å². The van der Waals surface area contributed by atoms with Crippen molar-refractivity contribution in [2.24, 2.45) is 0 Å². The molecule has 1 N–H and O–H groups in total. The van der Waals surface area contributed by atoms with E-state index in [4.69, 9.17) is 13.7 Å². The third kappa shape index (κ3) is 4.27. The molecule has 30 heavy (non-hydrogen) atoms. The second kappa shape index (κ2) is 8.68. The van der Waals surface area contributed by atoms with Gasteiger partial charge in [0.1, 0.15) is 11.1 Å². The molecule has 10 nitrogen and oxygen atoms in total. The fraction of sp³-hybridized carbons (Fsp3) is 0.300. The normalized spacial score (nSPS) is 11.1. The van der Waals surface area contributed by atoms with Crippen LogP contribution in [0.5, 0.6) is 6.01 Å². The van der Waals surface area contributed by atoms with Crippen LogP contribution >= 0.6 is 0 Å². The van der Waals surface area contributed by atoms with Crippen LogP contribution in [0.25, 0.3) is 22.7 Å². The van der Waals surface area contributed by atoms with Gasteiger partial charge in [-0.2, -0.15) is 9.97 Å². The number of aromatic amines is 1. The van der Waals surface area contributed by atoms with Crippen molar-refractivity contribution in [2.75, 3.05) is 6.61 Å². The SMILES string of the molecule is CCc1cc(=O)oc2nc(OCCCCc3noc(-c4ccccn4)n3)[nH]c(=O)c12. The van der Waals surface area contributed by atoms with Crippen molar-refractivity contribution >= 4 is 11.1 Å². The average Bonchev–Trinajstić information content (AvgIpc) is 3.22. The summed E-state index contributed by atoms with van der Waals surface area (Å²) in [6, 6.07) is 6.78. The number of ether oxygens (including phenoxy) is 1. The summed E-state index contributed by atoms with van der Waals surface area (Å²) in [6.07, 6.45) is 4.21. The van der Waals surface area contributed by atoms with E-state index in [0.717, 1.165) is 6.42 Å². The van der Waals surface area contributed by atoms with Gasteiger partial charge in [-0.25, -0.2) is 4.79 Å². The molecule has 4 aromatic heterocycles. The zero-order chi connectivity index (χ0) is 20.9. The van der Waals surface area contributed by atoms with E-state index in [0.29, 0.717) is 48.8 Å². The Labute approximate surface area is 170 Å². The number of hydrogen-bond acceptors (Lipinski definition) is 9. The molecule has 0 saturated heterocycles. The van der Waals surface area contributed by atoms with Crippen LogP contribution < -0.4 is 15.9 Å². The van der Waals surface area contributed by atoms with Gasteiger partial charge in [0, 0.05) is 18.7 Å². The molecule has 0 aliphatic rings. The fourth-order valence-corrected chi connectivity index (χ4v) is 2.98. The first-order valence-electron chi connectivity index (χ1n) is 9.58. The van der Waals surface area contributed by atoms with E-state index >= 15 is 0 Å². The summed E-state index contributed by atoms with van der Waals surface area (Å²) in [5.41, 5.74) is 0.250. The summed E-state index contributed by atoms with van der Waals surface area (Å²) in [4.78, 5) is 39.1. The lowest BCUT2D eigenvalue weighted by Crippen LogP contribution is -2.15. The van der Waals surface area contributed by atoms with Gasteiger partial charge in [0.2, 0.25) is 5.71 Å². The molecule has 0 radical (unpaired) electrons. The van der Waals surface area contributed by atoms with E-state index in [9.17, 15) is 9.59 Å². The Kier molecular flexibility index (Phi) is 5.64. The molecule has 0 spiro atoms. The lowest BCUT2D eigenvalue weighted by atomic mass is 10.1. The first-order chi connectivity index (χ1) is 14.6. The van der Waals surface area contributed by atoms with Gasteiger partial charge in [-0.1, -0.05) is 18.1 Å². The first kappa shape index (κ1) is 19.5. The molecular formula is C20H19N5O5. The Morgan fingerprint density at radius 3 is 2.87 bits per heavy atom. The second-order valence-corrected chi connectivity index (χ2v) is 6.53. The van der Waals surface area contributed by atoms with E-state index in [2.05, 4.69) is 25.1 Å². The first-order valence-corrected chi connectivity index (χ1v) is 9.58. The van der Waals surface area contributed by atoms with E-state index in [-0.39, 0.29) is 17.1 Å². The minimum atomic E-state index is -0.548. The van der Waals surface area contributed by atoms with Gasteiger partial charge >= 0.3 is 5.63 Å². The van der Waals surface area contributed by atoms with Crippen molar-refractivity contribution < 1.29 is 13.7 Å². The van der Waals surface area contributed by atoms with Crippen molar-refractivity contribution in [1.82, 2.24) is 25.1 Å². The molecule has 10 heteroatoms. The van der Waals surface area contributed by atoms with Gasteiger partial charge in [-0.05, 0) is 37.0 Å². The Morgan fingerprint density at radius 2 is 2.07 bits per heavy atom. The van der Waals surface area contributed by atoms with Gasteiger partial charge in [0.05, 0.1) is 6.61 Å². The average molecular weight is 409 g/mol. The van der Waals surface area contributed by atoms with Crippen molar-refractivity contribution in [3.8, 4) is 17.6 Å². The molecule has 0 fully saturated rings. The molecule has 4 rings (SSSR count). The molecule has 4 aromatic rings. The maximum Gasteiger partial charge on any atom is 0.337 e. The number of aryl methyl sites for hydroxylation is 2. The van der Waals surface area contributed by atoms with E-state index in [1.165, 1.54) is 6.07 Å². The van der Waals surface area contributed by atoms with Crippen molar-refractivity contribution in [3.63, 3.8) is 0 Å². The summed E-state index contributed by atoms with van der Waals surface area (Å²) in [5.74, 6) is 0.967. The van der Waals surface area contributed by atoms with Crippen molar-refractivity contribution in [1.29, 1.82) is 0 Å². The molecule has 0 amide bonds. The highest BCUT2D eigenvalue weighted by Crippen LogP contribution is 2.15. The highest BCUT2D eigenvalue weighted by Gasteiger charge is 2.13. The minimum absolute atomic E-state index is 0.0147. The molecule has 0 aliphatic heterocycles. The summed E-state index contributed by atoms with van der Waals surface area (Å²) in [7, 11) is 0. The van der Waals surface area contributed by atoms with Crippen LogP contribution in [0.15, 0.2) is 49.0 Å². The second-order valence-electron chi connectivity index (χ2n) is 6.53. The van der Waals surface area contributed by atoms with Gasteiger partial charge in [0.25, 0.3) is 17.5 Å². The lowest BCUT2D eigenvalue weighted by Gasteiger charge is -2.06. The number of nitrogens with zero attached hydrogens (tertiary/aromatic N) is 4. The molecule has 4 heterocycles. The number of unbranched alkanes of at least 4 members (excludes halogenated alkanes) is 1. The fourth-order valence-electron chi connectivity index (χ4n) is 2.98. The number of fused-ring (bicyclic) bond motifs is 1.